The third-order valence-electron chi connectivity index (χ3n) is 6.55. The standard InChI is InChI=1S/C28H30F2N2O3S/c1-27(2,3)28(30)24-18-23(14-15-25(24)32(17-16-29)26(28)33)36(34,35)31(19-21-10-6-4-7-11-21)20-22-12-8-5-9-13-22/h4-15,18H,16-17,19-20H2,1-3H3. The minimum atomic E-state index is -4.10. The molecule has 0 spiro atoms. The molecule has 0 aliphatic carbocycles. The van der Waals surface area contributed by atoms with Crippen molar-refractivity contribution in [1.29, 1.82) is 0 Å². The van der Waals surface area contributed by atoms with Gasteiger partial charge in [0.25, 0.3) is 5.91 Å². The van der Waals surface area contributed by atoms with E-state index >= 15 is 4.39 Å². The fourth-order valence-corrected chi connectivity index (χ4v) is 6.02. The first-order chi connectivity index (χ1) is 17.0. The van der Waals surface area contributed by atoms with Crippen molar-refractivity contribution < 1.29 is 22.0 Å². The number of anilines is 1. The molecule has 5 nitrogen and oxygen atoms in total. The molecule has 0 radical (unpaired) electrons. The van der Waals surface area contributed by atoms with Gasteiger partial charge in [-0.15, -0.1) is 0 Å². The van der Waals surface area contributed by atoms with Crippen LogP contribution in [0.4, 0.5) is 14.5 Å². The molecule has 3 aromatic rings. The summed E-state index contributed by atoms with van der Waals surface area (Å²) in [5.74, 6) is -0.873. The van der Waals surface area contributed by atoms with Gasteiger partial charge in [-0.05, 0) is 29.3 Å². The Labute approximate surface area is 211 Å². The molecule has 36 heavy (non-hydrogen) atoms. The van der Waals surface area contributed by atoms with E-state index < -0.39 is 33.7 Å². The Morgan fingerprint density at radius 1 is 0.889 bits per heavy atom. The first kappa shape index (κ1) is 26.0. The SMILES string of the molecule is CC(C)(C)C1(F)C(=O)N(CCF)c2ccc(S(=O)(=O)N(Cc3ccccc3)Cc3ccccc3)cc21. The van der Waals surface area contributed by atoms with Gasteiger partial charge in [-0.25, -0.2) is 17.2 Å². The van der Waals surface area contributed by atoms with Crippen molar-refractivity contribution in [3.8, 4) is 0 Å². The molecule has 0 N–H and O–H groups in total. The summed E-state index contributed by atoms with van der Waals surface area (Å²) in [7, 11) is -4.10. The smallest absolute Gasteiger partial charge is 0.270 e. The van der Waals surface area contributed by atoms with Gasteiger partial charge >= 0.3 is 0 Å². The second kappa shape index (κ2) is 9.75. The van der Waals surface area contributed by atoms with Crippen LogP contribution in [0.2, 0.25) is 0 Å². The van der Waals surface area contributed by atoms with Crippen LogP contribution in [0.1, 0.15) is 37.5 Å². The Balaban J connectivity index is 1.81. The number of hydrogen-bond acceptors (Lipinski definition) is 3. The predicted octanol–water partition coefficient (Wildman–Crippen LogP) is 5.60. The lowest BCUT2D eigenvalue weighted by molar-refractivity contribution is -0.136. The molecule has 1 amide bonds. The highest BCUT2D eigenvalue weighted by Gasteiger charge is 2.59. The number of halogens is 2. The molecule has 1 heterocycles. The summed E-state index contributed by atoms with van der Waals surface area (Å²) in [4.78, 5) is 14.1. The molecular formula is C28H30F2N2O3S. The topological polar surface area (TPSA) is 57.7 Å². The van der Waals surface area contributed by atoms with Gasteiger partial charge in [0, 0.05) is 24.1 Å². The number of rotatable bonds is 8. The average Bonchev–Trinajstić information content (AvgIpc) is 3.07. The van der Waals surface area contributed by atoms with E-state index in [1.165, 1.54) is 22.5 Å². The highest BCUT2D eigenvalue weighted by Crippen LogP contribution is 2.53. The number of benzene rings is 3. The number of sulfonamides is 1. The first-order valence-electron chi connectivity index (χ1n) is 11.8. The van der Waals surface area contributed by atoms with Crippen molar-refractivity contribution in [3.05, 3.63) is 95.6 Å². The number of carbonyl (C=O) groups excluding carboxylic acids is 1. The largest absolute Gasteiger partial charge is 0.306 e. The Hall–Kier alpha value is -3.10. The minimum absolute atomic E-state index is 0.0473. The van der Waals surface area contributed by atoms with Crippen molar-refractivity contribution in [3.63, 3.8) is 0 Å². The molecule has 0 aromatic heterocycles. The summed E-state index contributed by atoms with van der Waals surface area (Å²) >= 11 is 0. The molecule has 0 bridgehead atoms. The third kappa shape index (κ3) is 4.55. The van der Waals surface area contributed by atoms with E-state index in [9.17, 15) is 17.6 Å². The lowest BCUT2D eigenvalue weighted by atomic mass is 9.74. The zero-order valence-electron chi connectivity index (χ0n) is 20.6. The van der Waals surface area contributed by atoms with Crippen LogP contribution in [-0.2, 0) is 33.6 Å². The zero-order valence-corrected chi connectivity index (χ0v) is 21.4. The second-order valence-electron chi connectivity index (χ2n) is 9.98. The molecule has 190 valence electrons. The van der Waals surface area contributed by atoms with E-state index in [4.69, 9.17) is 0 Å². The maximum atomic E-state index is 16.5. The van der Waals surface area contributed by atoms with E-state index in [0.29, 0.717) is 0 Å². The molecule has 1 aliphatic rings. The zero-order chi connectivity index (χ0) is 26.1. The van der Waals surface area contributed by atoms with Gasteiger partial charge in [0.05, 0.1) is 17.1 Å². The van der Waals surface area contributed by atoms with Crippen molar-refractivity contribution in [2.24, 2.45) is 5.41 Å². The number of hydrogen-bond donors (Lipinski definition) is 0. The van der Waals surface area contributed by atoms with Crippen LogP contribution in [-0.4, -0.2) is 31.8 Å². The molecule has 4 rings (SSSR count). The highest BCUT2D eigenvalue weighted by molar-refractivity contribution is 7.89. The van der Waals surface area contributed by atoms with Crippen LogP contribution in [0, 0.1) is 5.41 Å². The quantitative estimate of drug-likeness (QED) is 0.395. The van der Waals surface area contributed by atoms with Crippen LogP contribution >= 0.6 is 0 Å². The maximum absolute atomic E-state index is 16.5. The highest BCUT2D eigenvalue weighted by atomic mass is 32.2. The summed E-state index contributed by atoms with van der Waals surface area (Å²) in [5.41, 5.74) is -1.91. The number of alkyl halides is 2. The van der Waals surface area contributed by atoms with Gasteiger partial charge < -0.3 is 4.90 Å². The van der Waals surface area contributed by atoms with Crippen LogP contribution in [0.15, 0.2) is 83.8 Å². The Kier molecular flexibility index (Phi) is 7.03. The van der Waals surface area contributed by atoms with E-state index in [1.54, 1.807) is 20.8 Å². The van der Waals surface area contributed by atoms with Gasteiger partial charge in [-0.2, -0.15) is 4.31 Å². The van der Waals surface area contributed by atoms with E-state index in [-0.39, 0.29) is 35.8 Å². The van der Waals surface area contributed by atoms with Gasteiger partial charge in [-0.1, -0.05) is 81.4 Å². The van der Waals surface area contributed by atoms with Crippen molar-refractivity contribution in [2.75, 3.05) is 18.1 Å². The molecule has 1 unspecified atom stereocenters. The van der Waals surface area contributed by atoms with Gasteiger partial charge in [0.2, 0.25) is 15.7 Å². The summed E-state index contributed by atoms with van der Waals surface area (Å²) in [6.07, 6.45) is 0. The van der Waals surface area contributed by atoms with Crippen LogP contribution in [0.5, 0.6) is 0 Å². The third-order valence-corrected chi connectivity index (χ3v) is 8.34. The number of carbonyl (C=O) groups is 1. The lowest BCUT2D eigenvalue weighted by Gasteiger charge is -2.33. The normalized spacial score (nSPS) is 18.1. The average molecular weight is 513 g/mol. The molecule has 0 fully saturated rings. The van der Waals surface area contributed by atoms with Crippen molar-refractivity contribution in [2.45, 2.75) is 44.4 Å². The van der Waals surface area contributed by atoms with Crippen LogP contribution in [0.25, 0.3) is 0 Å². The number of nitrogens with zero attached hydrogens (tertiary/aromatic N) is 2. The van der Waals surface area contributed by atoms with E-state index in [0.717, 1.165) is 16.0 Å². The molecule has 3 aromatic carbocycles. The van der Waals surface area contributed by atoms with Gasteiger partial charge in [0.15, 0.2) is 0 Å². The van der Waals surface area contributed by atoms with Crippen molar-refractivity contribution in [1.82, 2.24) is 4.31 Å². The van der Waals surface area contributed by atoms with E-state index in [1.807, 2.05) is 60.7 Å². The Morgan fingerprint density at radius 2 is 1.42 bits per heavy atom. The molecule has 0 saturated heterocycles. The molecule has 8 heteroatoms. The fraction of sp³-hybridized carbons (Fsp3) is 0.321. The summed E-state index contributed by atoms with van der Waals surface area (Å²) in [6, 6.07) is 22.4. The minimum Gasteiger partial charge on any atom is -0.306 e. The predicted molar refractivity (Wildman–Crippen MR) is 136 cm³/mol. The van der Waals surface area contributed by atoms with Crippen LogP contribution in [0.3, 0.4) is 0 Å². The van der Waals surface area contributed by atoms with Gasteiger partial charge in [-0.3, -0.25) is 4.79 Å². The molecular weight excluding hydrogens is 482 g/mol. The number of fused-ring (bicyclic) bond motifs is 1. The lowest BCUT2D eigenvalue weighted by Crippen LogP contribution is -2.46. The molecule has 1 atom stereocenters. The van der Waals surface area contributed by atoms with Gasteiger partial charge in [0.1, 0.15) is 6.67 Å². The molecule has 0 saturated carbocycles. The Bertz CT molecular complexity index is 1300. The second-order valence-corrected chi connectivity index (χ2v) is 11.9. The summed E-state index contributed by atoms with van der Waals surface area (Å²) in [6.45, 7) is 3.81. The number of amides is 1. The first-order valence-corrected chi connectivity index (χ1v) is 13.2. The monoisotopic (exact) mass is 512 g/mol. The summed E-state index contributed by atoms with van der Waals surface area (Å²) < 4.78 is 59.0. The Morgan fingerprint density at radius 3 is 1.89 bits per heavy atom. The van der Waals surface area contributed by atoms with Crippen LogP contribution < -0.4 is 4.90 Å². The summed E-state index contributed by atoms with van der Waals surface area (Å²) in [5, 5.41) is 0. The maximum Gasteiger partial charge on any atom is 0.270 e. The van der Waals surface area contributed by atoms with E-state index in [2.05, 4.69) is 0 Å². The van der Waals surface area contributed by atoms with Crippen molar-refractivity contribution >= 4 is 21.6 Å². The molecule has 1 aliphatic heterocycles. The fourth-order valence-electron chi connectivity index (χ4n) is 4.58.